The van der Waals surface area contributed by atoms with Crippen LogP contribution < -0.4 is 9.64 Å². The van der Waals surface area contributed by atoms with E-state index in [0.717, 1.165) is 69.1 Å². The number of methoxy groups -OCH3 is 1. The van der Waals surface area contributed by atoms with Gasteiger partial charge in [0, 0.05) is 37.8 Å². The zero-order valence-corrected chi connectivity index (χ0v) is 15.5. The first-order valence-corrected chi connectivity index (χ1v) is 9.30. The molecule has 0 bridgehead atoms. The molecule has 3 heterocycles. The summed E-state index contributed by atoms with van der Waals surface area (Å²) in [6, 6.07) is 7.18. The molecule has 140 valence electrons. The summed E-state index contributed by atoms with van der Waals surface area (Å²) in [4.78, 5) is 4.75. The van der Waals surface area contributed by atoms with Gasteiger partial charge in [-0.3, -0.25) is 4.90 Å². The Morgan fingerprint density at radius 2 is 1.85 bits per heavy atom. The Labute approximate surface area is 153 Å². The second kappa shape index (κ2) is 7.63. The molecule has 0 saturated carbocycles. The van der Waals surface area contributed by atoms with Crippen LogP contribution in [0.25, 0.3) is 11.5 Å². The maximum absolute atomic E-state index is 5.94. The molecule has 0 N–H and O–H groups in total. The van der Waals surface area contributed by atoms with Gasteiger partial charge in [-0.1, -0.05) is 11.2 Å². The van der Waals surface area contributed by atoms with E-state index in [-0.39, 0.29) is 0 Å². The van der Waals surface area contributed by atoms with Crippen LogP contribution in [0.5, 0.6) is 5.75 Å². The van der Waals surface area contributed by atoms with E-state index in [0.29, 0.717) is 17.9 Å². The Balaban J connectivity index is 1.41. The number of benzene rings is 1. The quantitative estimate of drug-likeness (QED) is 0.831. The van der Waals surface area contributed by atoms with Crippen LogP contribution in [-0.2, 0) is 4.74 Å². The molecule has 2 saturated heterocycles. The van der Waals surface area contributed by atoms with Crippen LogP contribution in [0.2, 0.25) is 0 Å². The number of hydrogen-bond donors (Lipinski definition) is 0. The Bertz CT molecular complexity index is 734. The molecule has 2 aliphatic heterocycles. The SMILES string of the molecule is COc1cc(-c2nnc(N3CCC(N4CCOCC4)CC3)o2)ccc1C. The lowest BCUT2D eigenvalue weighted by molar-refractivity contribution is 0.0113. The molecule has 2 fully saturated rings. The fourth-order valence-electron chi connectivity index (χ4n) is 3.78. The summed E-state index contributed by atoms with van der Waals surface area (Å²) in [5.74, 6) is 1.36. The average molecular weight is 358 g/mol. The van der Waals surface area contributed by atoms with Crippen LogP contribution in [-0.4, -0.2) is 67.6 Å². The first kappa shape index (κ1) is 17.3. The molecular formula is C19H26N4O3. The number of ether oxygens (including phenoxy) is 2. The molecule has 0 radical (unpaired) electrons. The minimum absolute atomic E-state index is 0.536. The minimum atomic E-state index is 0.536. The summed E-state index contributed by atoms with van der Waals surface area (Å²) in [5, 5.41) is 8.50. The van der Waals surface area contributed by atoms with Crippen molar-refractivity contribution in [1.29, 1.82) is 0 Å². The molecule has 0 unspecified atom stereocenters. The third-order valence-corrected chi connectivity index (χ3v) is 5.37. The van der Waals surface area contributed by atoms with Crippen molar-refractivity contribution in [3.8, 4) is 17.2 Å². The van der Waals surface area contributed by atoms with Crippen molar-refractivity contribution in [3.05, 3.63) is 23.8 Å². The largest absolute Gasteiger partial charge is 0.496 e. The van der Waals surface area contributed by atoms with E-state index < -0.39 is 0 Å². The van der Waals surface area contributed by atoms with E-state index in [9.17, 15) is 0 Å². The van der Waals surface area contributed by atoms with Gasteiger partial charge in [0.25, 0.3) is 0 Å². The molecule has 0 atom stereocenters. The Morgan fingerprint density at radius 1 is 1.08 bits per heavy atom. The van der Waals surface area contributed by atoms with Gasteiger partial charge >= 0.3 is 6.01 Å². The van der Waals surface area contributed by atoms with Crippen LogP contribution in [0.1, 0.15) is 18.4 Å². The molecule has 0 aliphatic carbocycles. The van der Waals surface area contributed by atoms with Crippen molar-refractivity contribution in [2.24, 2.45) is 0 Å². The molecule has 7 nitrogen and oxygen atoms in total. The van der Waals surface area contributed by atoms with Crippen molar-refractivity contribution < 1.29 is 13.9 Å². The predicted octanol–water partition coefficient (Wildman–Crippen LogP) is 2.35. The van der Waals surface area contributed by atoms with E-state index in [2.05, 4.69) is 20.0 Å². The minimum Gasteiger partial charge on any atom is -0.496 e. The fraction of sp³-hybridized carbons (Fsp3) is 0.579. The van der Waals surface area contributed by atoms with E-state index >= 15 is 0 Å². The third-order valence-electron chi connectivity index (χ3n) is 5.37. The van der Waals surface area contributed by atoms with Gasteiger partial charge in [-0.05, 0) is 37.5 Å². The zero-order valence-electron chi connectivity index (χ0n) is 15.5. The summed E-state index contributed by atoms with van der Waals surface area (Å²) in [5.41, 5.74) is 1.97. The monoisotopic (exact) mass is 358 g/mol. The summed E-state index contributed by atoms with van der Waals surface area (Å²) >= 11 is 0. The number of aryl methyl sites for hydroxylation is 1. The number of piperidine rings is 1. The molecule has 1 aromatic carbocycles. The Kier molecular flexibility index (Phi) is 5.08. The van der Waals surface area contributed by atoms with Crippen molar-refractivity contribution in [2.45, 2.75) is 25.8 Å². The normalized spacial score (nSPS) is 19.7. The second-order valence-corrected chi connectivity index (χ2v) is 6.94. The maximum Gasteiger partial charge on any atom is 0.318 e. The molecule has 1 aromatic heterocycles. The first-order valence-electron chi connectivity index (χ1n) is 9.30. The highest BCUT2D eigenvalue weighted by atomic mass is 16.5. The standard InChI is InChI=1S/C19H26N4O3/c1-14-3-4-15(13-17(14)24-2)18-20-21-19(26-18)23-7-5-16(6-8-23)22-9-11-25-12-10-22/h3-4,13,16H,5-12H2,1-2H3. The number of nitrogens with zero attached hydrogens (tertiary/aromatic N) is 4. The van der Waals surface area contributed by atoms with Crippen molar-refractivity contribution in [3.63, 3.8) is 0 Å². The van der Waals surface area contributed by atoms with Gasteiger partial charge in [0.2, 0.25) is 5.89 Å². The Hall–Kier alpha value is -2.12. The van der Waals surface area contributed by atoms with Gasteiger partial charge in [-0.2, -0.15) is 0 Å². The van der Waals surface area contributed by atoms with Gasteiger partial charge in [-0.15, -0.1) is 5.10 Å². The third kappa shape index (κ3) is 3.54. The fourth-order valence-corrected chi connectivity index (χ4v) is 3.78. The summed E-state index contributed by atoms with van der Waals surface area (Å²) in [7, 11) is 1.67. The highest BCUT2D eigenvalue weighted by Gasteiger charge is 2.28. The highest BCUT2D eigenvalue weighted by molar-refractivity contribution is 5.58. The highest BCUT2D eigenvalue weighted by Crippen LogP contribution is 2.29. The number of morpholine rings is 1. The first-order chi connectivity index (χ1) is 12.7. The average Bonchev–Trinajstić information content (AvgIpc) is 3.19. The van der Waals surface area contributed by atoms with Gasteiger partial charge in [0.05, 0.1) is 20.3 Å². The van der Waals surface area contributed by atoms with Crippen molar-refractivity contribution >= 4 is 6.01 Å². The zero-order chi connectivity index (χ0) is 17.9. The molecule has 0 amide bonds. The molecule has 2 aromatic rings. The van der Waals surface area contributed by atoms with E-state index in [4.69, 9.17) is 13.9 Å². The lowest BCUT2D eigenvalue weighted by atomic mass is 10.0. The van der Waals surface area contributed by atoms with Crippen LogP contribution in [0, 0.1) is 6.92 Å². The van der Waals surface area contributed by atoms with Crippen LogP contribution in [0.15, 0.2) is 22.6 Å². The summed E-state index contributed by atoms with van der Waals surface area (Å²) in [6.45, 7) is 7.71. The lowest BCUT2D eigenvalue weighted by Gasteiger charge is -2.39. The molecule has 4 rings (SSSR count). The van der Waals surface area contributed by atoms with Crippen LogP contribution in [0.3, 0.4) is 0 Å². The van der Waals surface area contributed by atoms with Gasteiger partial charge in [0.15, 0.2) is 0 Å². The van der Waals surface area contributed by atoms with Crippen LogP contribution >= 0.6 is 0 Å². The molecule has 7 heteroatoms. The number of hydrogen-bond acceptors (Lipinski definition) is 7. The predicted molar refractivity (Wildman–Crippen MR) is 98.7 cm³/mol. The smallest absolute Gasteiger partial charge is 0.318 e. The molecular weight excluding hydrogens is 332 g/mol. The number of aromatic nitrogens is 2. The van der Waals surface area contributed by atoms with Crippen molar-refractivity contribution in [1.82, 2.24) is 15.1 Å². The number of anilines is 1. The Morgan fingerprint density at radius 3 is 2.58 bits per heavy atom. The summed E-state index contributed by atoms with van der Waals surface area (Å²) < 4.78 is 16.8. The van der Waals surface area contributed by atoms with Crippen LogP contribution in [0.4, 0.5) is 6.01 Å². The second-order valence-electron chi connectivity index (χ2n) is 6.94. The van der Waals surface area contributed by atoms with Gasteiger partial charge < -0.3 is 18.8 Å². The lowest BCUT2D eigenvalue weighted by Crippen LogP contribution is -2.49. The topological polar surface area (TPSA) is 63.9 Å². The molecule has 2 aliphatic rings. The van der Waals surface area contributed by atoms with E-state index in [1.165, 1.54) is 0 Å². The maximum atomic E-state index is 5.94. The molecule has 0 spiro atoms. The number of rotatable bonds is 4. The molecule has 26 heavy (non-hydrogen) atoms. The summed E-state index contributed by atoms with van der Waals surface area (Å²) in [6.07, 6.45) is 2.24. The van der Waals surface area contributed by atoms with E-state index in [1.54, 1.807) is 7.11 Å². The van der Waals surface area contributed by atoms with Gasteiger partial charge in [-0.25, -0.2) is 0 Å². The van der Waals surface area contributed by atoms with Crippen molar-refractivity contribution in [2.75, 3.05) is 51.4 Å². The van der Waals surface area contributed by atoms with E-state index in [1.807, 2.05) is 25.1 Å². The van der Waals surface area contributed by atoms with Gasteiger partial charge in [0.1, 0.15) is 5.75 Å².